The first-order chi connectivity index (χ1) is 5.41. The number of hydrogen-bond acceptors (Lipinski definition) is 4. The van der Waals surface area contributed by atoms with Crippen molar-refractivity contribution in [3.63, 3.8) is 0 Å². The number of hydrogen-bond donors (Lipinski definition) is 1. The van der Waals surface area contributed by atoms with Crippen LogP contribution in [-0.2, 0) is 9.47 Å². The largest absolute Gasteiger partial charge is 0.382 e. The molecular formula is C7H14N2O2. The zero-order valence-electron chi connectivity index (χ0n) is 6.80. The van der Waals surface area contributed by atoms with E-state index in [4.69, 9.17) is 14.7 Å². The summed E-state index contributed by atoms with van der Waals surface area (Å²) in [4.78, 5) is 0. The van der Waals surface area contributed by atoms with Crippen molar-refractivity contribution >= 4 is 0 Å². The first kappa shape index (κ1) is 10.2. The molecule has 4 heteroatoms. The molecule has 0 aliphatic heterocycles. The van der Waals surface area contributed by atoms with Crippen molar-refractivity contribution in [1.29, 1.82) is 5.26 Å². The number of ether oxygens (including phenoxy) is 2. The highest BCUT2D eigenvalue weighted by Gasteiger charge is 1.87. The monoisotopic (exact) mass is 158 g/mol. The van der Waals surface area contributed by atoms with E-state index in [0.29, 0.717) is 26.4 Å². The van der Waals surface area contributed by atoms with Crippen LogP contribution >= 0.6 is 0 Å². The van der Waals surface area contributed by atoms with Crippen LogP contribution in [0.2, 0.25) is 0 Å². The minimum absolute atomic E-state index is 0.628. The third-order valence-corrected chi connectivity index (χ3v) is 1.10. The van der Waals surface area contributed by atoms with Crippen molar-refractivity contribution < 1.29 is 9.47 Å². The average molecular weight is 158 g/mol. The second-order valence-electron chi connectivity index (χ2n) is 2.00. The molecule has 0 rings (SSSR count). The fourth-order valence-electron chi connectivity index (χ4n) is 0.563. The maximum atomic E-state index is 8.09. The van der Waals surface area contributed by atoms with E-state index >= 15 is 0 Å². The van der Waals surface area contributed by atoms with Crippen molar-refractivity contribution in [3.8, 4) is 6.19 Å². The van der Waals surface area contributed by atoms with E-state index in [0.717, 1.165) is 6.42 Å². The predicted octanol–water partition coefficient (Wildman–Crippen LogP) is 0.110. The van der Waals surface area contributed by atoms with Gasteiger partial charge in [0.1, 0.15) is 0 Å². The smallest absolute Gasteiger partial charge is 0.176 e. The summed E-state index contributed by atoms with van der Waals surface area (Å²) in [5.74, 6) is 0. The van der Waals surface area contributed by atoms with Crippen LogP contribution in [0.25, 0.3) is 0 Å². The molecule has 0 amide bonds. The van der Waals surface area contributed by atoms with Crippen molar-refractivity contribution in [3.05, 3.63) is 0 Å². The third kappa shape index (κ3) is 9.21. The molecular weight excluding hydrogens is 144 g/mol. The van der Waals surface area contributed by atoms with Crippen LogP contribution in [0.15, 0.2) is 0 Å². The molecule has 0 heterocycles. The molecule has 11 heavy (non-hydrogen) atoms. The normalized spacial score (nSPS) is 9.09. The van der Waals surface area contributed by atoms with Gasteiger partial charge in [-0.25, -0.2) is 0 Å². The molecule has 0 unspecified atom stereocenters. The quantitative estimate of drug-likeness (QED) is 0.324. The summed E-state index contributed by atoms with van der Waals surface area (Å²) in [6, 6.07) is 0. The molecule has 0 bridgehead atoms. The van der Waals surface area contributed by atoms with Crippen molar-refractivity contribution in [2.75, 3.05) is 33.5 Å². The molecule has 1 N–H and O–H groups in total. The maximum absolute atomic E-state index is 8.09. The Hall–Kier alpha value is -0.790. The first-order valence-corrected chi connectivity index (χ1v) is 3.60. The van der Waals surface area contributed by atoms with Gasteiger partial charge >= 0.3 is 0 Å². The average Bonchev–Trinajstić information content (AvgIpc) is 2.03. The Kier molecular flexibility index (Phi) is 8.55. The molecule has 0 fully saturated rings. The Morgan fingerprint density at radius 3 is 2.82 bits per heavy atom. The van der Waals surface area contributed by atoms with Gasteiger partial charge in [-0.05, 0) is 6.42 Å². The number of nitrogens with zero attached hydrogens (tertiary/aromatic N) is 1. The summed E-state index contributed by atoms with van der Waals surface area (Å²) in [7, 11) is 1.64. The van der Waals surface area contributed by atoms with Gasteiger partial charge in [0.25, 0.3) is 0 Å². The number of methoxy groups -OCH3 is 1. The fourth-order valence-corrected chi connectivity index (χ4v) is 0.563. The number of rotatable bonds is 7. The van der Waals surface area contributed by atoms with Gasteiger partial charge in [0.05, 0.1) is 13.2 Å². The standard InChI is InChI=1S/C7H14N2O2/c1-10-5-6-11-4-2-3-9-7-8/h9H,2-6H2,1H3. The van der Waals surface area contributed by atoms with Crippen molar-refractivity contribution in [1.82, 2.24) is 5.32 Å². The summed E-state index contributed by atoms with van der Waals surface area (Å²) in [5.41, 5.74) is 0. The van der Waals surface area contributed by atoms with Gasteiger partial charge in [-0.2, -0.15) is 5.26 Å². The molecule has 0 saturated carbocycles. The lowest BCUT2D eigenvalue weighted by molar-refractivity contribution is 0.0698. The maximum Gasteiger partial charge on any atom is 0.176 e. The van der Waals surface area contributed by atoms with Crippen LogP contribution in [0.5, 0.6) is 0 Å². The fraction of sp³-hybridized carbons (Fsp3) is 0.857. The topological polar surface area (TPSA) is 54.3 Å². The lowest BCUT2D eigenvalue weighted by Gasteiger charge is -2.01. The number of nitriles is 1. The van der Waals surface area contributed by atoms with Gasteiger partial charge in [-0.3, -0.25) is 0 Å². The molecule has 0 aromatic carbocycles. The summed E-state index contributed by atoms with van der Waals surface area (Å²) < 4.78 is 9.92. The van der Waals surface area contributed by atoms with E-state index in [1.165, 1.54) is 0 Å². The van der Waals surface area contributed by atoms with E-state index < -0.39 is 0 Å². The molecule has 0 radical (unpaired) electrons. The summed E-state index contributed by atoms with van der Waals surface area (Å²) in [6.07, 6.45) is 2.70. The zero-order valence-corrected chi connectivity index (χ0v) is 6.80. The Morgan fingerprint density at radius 2 is 2.18 bits per heavy atom. The van der Waals surface area contributed by atoms with Gasteiger partial charge in [-0.15, -0.1) is 0 Å². The second kappa shape index (κ2) is 9.21. The van der Waals surface area contributed by atoms with Crippen LogP contribution in [0.4, 0.5) is 0 Å². The van der Waals surface area contributed by atoms with E-state index in [1.807, 2.05) is 6.19 Å². The van der Waals surface area contributed by atoms with E-state index in [1.54, 1.807) is 7.11 Å². The SMILES string of the molecule is COCCOCCCNC#N. The molecule has 0 saturated heterocycles. The molecule has 0 spiro atoms. The molecule has 0 aliphatic carbocycles. The zero-order chi connectivity index (χ0) is 8.36. The minimum atomic E-state index is 0.628. The van der Waals surface area contributed by atoms with Crippen LogP contribution in [-0.4, -0.2) is 33.5 Å². The first-order valence-electron chi connectivity index (χ1n) is 3.60. The highest BCUT2D eigenvalue weighted by Crippen LogP contribution is 1.80. The molecule has 0 aromatic rings. The Balaban J connectivity index is 2.75. The Morgan fingerprint density at radius 1 is 1.36 bits per heavy atom. The van der Waals surface area contributed by atoms with Crippen molar-refractivity contribution in [2.45, 2.75) is 6.42 Å². The van der Waals surface area contributed by atoms with Crippen LogP contribution in [0, 0.1) is 11.5 Å². The van der Waals surface area contributed by atoms with E-state index in [-0.39, 0.29) is 0 Å². The molecule has 0 atom stereocenters. The minimum Gasteiger partial charge on any atom is -0.382 e. The van der Waals surface area contributed by atoms with Crippen molar-refractivity contribution in [2.24, 2.45) is 0 Å². The molecule has 0 aromatic heterocycles. The van der Waals surface area contributed by atoms with Crippen LogP contribution in [0.3, 0.4) is 0 Å². The molecule has 64 valence electrons. The molecule has 0 aliphatic rings. The van der Waals surface area contributed by atoms with Gasteiger partial charge in [0, 0.05) is 20.3 Å². The highest BCUT2D eigenvalue weighted by atomic mass is 16.5. The summed E-state index contributed by atoms with van der Waals surface area (Å²) in [5, 5.41) is 10.6. The van der Waals surface area contributed by atoms with Gasteiger partial charge in [0.2, 0.25) is 0 Å². The Bertz CT molecular complexity index is 111. The third-order valence-electron chi connectivity index (χ3n) is 1.10. The van der Waals surface area contributed by atoms with E-state index in [2.05, 4.69) is 5.32 Å². The summed E-state index contributed by atoms with van der Waals surface area (Å²) in [6.45, 7) is 2.62. The van der Waals surface area contributed by atoms with E-state index in [9.17, 15) is 0 Å². The Labute approximate surface area is 67.1 Å². The molecule has 4 nitrogen and oxygen atoms in total. The summed E-state index contributed by atoms with van der Waals surface area (Å²) >= 11 is 0. The lowest BCUT2D eigenvalue weighted by atomic mass is 10.4. The number of nitrogens with one attached hydrogen (secondary N) is 1. The van der Waals surface area contributed by atoms with Crippen LogP contribution in [0.1, 0.15) is 6.42 Å². The van der Waals surface area contributed by atoms with Crippen LogP contribution < -0.4 is 5.32 Å². The van der Waals surface area contributed by atoms with Gasteiger partial charge in [0.15, 0.2) is 6.19 Å². The second-order valence-corrected chi connectivity index (χ2v) is 2.00. The lowest BCUT2D eigenvalue weighted by Crippen LogP contribution is -2.11. The van der Waals surface area contributed by atoms with Gasteiger partial charge in [-0.1, -0.05) is 0 Å². The highest BCUT2D eigenvalue weighted by molar-refractivity contribution is 4.63. The van der Waals surface area contributed by atoms with Gasteiger partial charge < -0.3 is 14.8 Å². The predicted molar refractivity (Wildman–Crippen MR) is 40.9 cm³/mol.